The molecule has 1 aliphatic heterocycles. The van der Waals surface area contributed by atoms with Crippen LogP contribution in [0.3, 0.4) is 0 Å². The lowest BCUT2D eigenvalue weighted by atomic mass is 10.1. The van der Waals surface area contributed by atoms with E-state index in [1.54, 1.807) is 12.1 Å². The van der Waals surface area contributed by atoms with E-state index >= 15 is 0 Å². The highest BCUT2D eigenvalue weighted by molar-refractivity contribution is 5.81. The Hall–Kier alpha value is -1.46. The van der Waals surface area contributed by atoms with Crippen LogP contribution in [0, 0.1) is 5.82 Å². The lowest BCUT2D eigenvalue weighted by Crippen LogP contribution is -2.49. The van der Waals surface area contributed by atoms with Crippen LogP contribution >= 0.6 is 0 Å². The van der Waals surface area contributed by atoms with Crippen molar-refractivity contribution in [2.24, 2.45) is 0 Å². The molecule has 2 rings (SSSR count). The van der Waals surface area contributed by atoms with Crippen LogP contribution in [-0.2, 0) is 16.0 Å². The molecule has 20 heavy (non-hydrogen) atoms. The van der Waals surface area contributed by atoms with Crippen LogP contribution in [0.4, 0.5) is 4.39 Å². The summed E-state index contributed by atoms with van der Waals surface area (Å²) in [7, 11) is 0. The van der Waals surface area contributed by atoms with Crippen LogP contribution in [0.25, 0.3) is 0 Å². The zero-order valence-corrected chi connectivity index (χ0v) is 11.8. The minimum absolute atomic E-state index is 0.0361. The predicted octanol–water partition coefficient (Wildman–Crippen LogP) is 1.21. The number of benzene rings is 1. The first-order valence-corrected chi connectivity index (χ1v) is 7.01. The van der Waals surface area contributed by atoms with E-state index in [-0.39, 0.29) is 17.8 Å². The van der Waals surface area contributed by atoms with E-state index in [2.05, 4.69) is 10.2 Å². The van der Waals surface area contributed by atoms with Gasteiger partial charge in [-0.25, -0.2) is 4.39 Å². The number of rotatable bonds is 5. The molecular formula is C15H21FN2O2. The fourth-order valence-corrected chi connectivity index (χ4v) is 2.26. The first-order valence-electron chi connectivity index (χ1n) is 7.01. The molecule has 1 unspecified atom stereocenters. The summed E-state index contributed by atoms with van der Waals surface area (Å²) < 4.78 is 18.0. The maximum atomic E-state index is 12.8. The molecule has 0 saturated carbocycles. The normalized spacial score (nSPS) is 17.7. The SMILES string of the molecule is CC(C(=O)NCCc1ccc(F)cc1)N1CCOCC1. The van der Waals surface area contributed by atoms with Gasteiger partial charge in [0.05, 0.1) is 19.3 Å². The average molecular weight is 280 g/mol. The number of nitrogens with one attached hydrogen (secondary N) is 1. The van der Waals surface area contributed by atoms with Crippen molar-refractivity contribution in [2.75, 3.05) is 32.8 Å². The van der Waals surface area contributed by atoms with Crippen molar-refractivity contribution in [3.05, 3.63) is 35.6 Å². The number of hydrogen-bond acceptors (Lipinski definition) is 3. The minimum Gasteiger partial charge on any atom is -0.379 e. The Balaban J connectivity index is 1.72. The summed E-state index contributed by atoms with van der Waals surface area (Å²) in [6, 6.07) is 6.23. The van der Waals surface area contributed by atoms with E-state index in [1.807, 2.05) is 6.92 Å². The number of amides is 1. The summed E-state index contributed by atoms with van der Waals surface area (Å²) >= 11 is 0. The molecule has 4 nitrogen and oxygen atoms in total. The Kier molecular flexibility index (Phi) is 5.49. The second kappa shape index (κ2) is 7.36. The molecule has 1 saturated heterocycles. The number of morpholine rings is 1. The van der Waals surface area contributed by atoms with Crippen molar-refractivity contribution >= 4 is 5.91 Å². The van der Waals surface area contributed by atoms with Crippen LogP contribution in [0.1, 0.15) is 12.5 Å². The zero-order chi connectivity index (χ0) is 14.4. The van der Waals surface area contributed by atoms with Crippen molar-refractivity contribution in [3.63, 3.8) is 0 Å². The second-order valence-electron chi connectivity index (χ2n) is 4.99. The second-order valence-corrected chi connectivity index (χ2v) is 4.99. The van der Waals surface area contributed by atoms with Gasteiger partial charge in [-0.05, 0) is 31.0 Å². The third-order valence-corrected chi connectivity index (χ3v) is 3.60. The number of hydrogen-bond donors (Lipinski definition) is 1. The van der Waals surface area contributed by atoms with Gasteiger partial charge in [0.1, 0.15) is 5.82 Å². The predicted molar refractivity (Wildman–Crippen MR) is 75.0 cm³/mol. The van der Waals surface area contributed by atoms with Crippen molar-refractivity contribution < 1.29 is 13.9 Å². The van der Waals surface area contributed by atoms with E-state index in [0.717, 1.165) is 18.7 Å². The molecule has 0 aromatic heterocycles. The summed E-state index contributed by atoms with van der Waals surface area (Å²) in [5.41, 5.74) is 1.02. The number of nitrogens with zero attached hydrogens (tertiary/aromatic N) is 1. The van der Waals surface area contributed by atoms with Gasteiger partial charge in [-0.2, -0.15) is 0 Å². The number of ether oxygens (including phenoxy) is 1. The van der Waals surface area contributed by atoms with Gasteiger partial charge in [0.25, 0.3) is 0 Å². The molecule has 1 heterocycles. The molecule has 0 aliphatic carbocycles. The van der Waals surface area contributed by atoms with Gasteiger partial charge in [-0.15, -0.1) is 0 Å². The average Bonchev–Trinajstić information content (AvgIpc) is 2.49. The fourth-order valence-electron chi connectivity index (χ4n) is 2.26. The van der Waals surface area contributed by atoms with E-state index in [4.69, 9.17) is 4.74 Å². The van der Waals surface area contributed by atoms with Gasteiger partial charge < -0.3 is 10.1 Å². The molecule has 0 bridgehead atoms. The monoisotopic (exact) mass is 280 g/mol. The summed E-state index contributed by atoms with van der Waals surface area (Å²) in [6.45, 7) is 5.46. The molecule has 5 heteroatoms. The lowest BCUT2D eigenvalue weighted by molar-refractivity contribution is -0.127. The summed E-state index contributed by atoms with van der Waals surface area (Å²) in [4.78, 5) is 14.2. The van der Waals surface area contributed by atoms with Crippen molar-refractivity contribution in [3.8, 4) is 0 Å². The molecule has 1 aliphatic rings. The minimum atomic E-state index is -0.237. The van der Waals surface area contributed by atoms with Crippen LogP contribution in [0.5, 0.6) is 0 Å². The molecule has 1 amide bonds. The van der Waals surface area contributed by atoms with E-state index in [9.17, 15) is 9.18 Å². The maximum absolute atomic E-state index is 12.8. The highest BCUT2D eigenvalue weighted by Gasteiger charge is 2.22. The number of carbonyl (C=O) groups is 1. The van der Waals surface area contributed by atoms with E-state index in [0.29, 0.717) is 26.2 Å². The van der Waals surface area contributed by atoms with Gasteiger partial charge in [0.15, 0.2) is 0 Å². The first kappa shape index (κ1) is 14.9. The maximum Gasteiger partial charge on any atom is 0.237 e. The molecule has 1 aromatic rings. The largest absolute Gasteiger partial charge is 0.379 e. The van der Waals surface area contributed by atoms with Crippen molar-refractivity contribution in [1.82, 2.24) is 10.2 Å². The zero-order valence-electron chi connectivity index (χ0n) is 11.8. The van der Waals surface area contributed by atoms with E-state index < -0.39 is 0 Å². The standard InChI is InChI=1S/C15H21FN2O2/c1-12(18-8-10-20-11-9-18)15(19)17-7-6-13-2-4-14(16)5-3-13/h2-5,12H,6-11H2,1H3,(H,17,19). The van der Waals surface area contributed by atoms with Gasteiger partial charge in [-0.3, -0.25) is 9.69 Å². The molecular weight excluding hydrogens is 259 g/mol. The summed E-state index contributed by atoms with van der Waals surface area (Å²) in [5, 5.41) is 2.93. The Morgan fingerprint density at radius 2 is 2.00 bits per heavy atom. The van der Waals surface area contributed by atoms with E-state index in [1.165, 1.54) is 12.1 Å². The Labute approximate surface area is 118 Å². The first-order chi connectivity index (χ1) is 9.66. The Morgan fingerprint density at radius 1 is 1.35 bits per heavy atom. The van der Waals surface area contributed by atoms with Crippen LogP contribution in [-0.4, -0.2) is 49.7 Å². The van der Waals surface area contributed by atoms with Crippen LogP contribution in [0.2, 0.25) is 0 Å². The molecule has 0 radical (unpaired) electrons. The van der Waals surface area contributed by atoms with Crippen LogP contribution < -0.4 is 5.32 Å². The van der Waals surface area contributed by atoms with Gasteiger partial charge in [-0.1, -0.05) is 12.1 Å². The third-order valence-electron chi connectivity index (χ3n) is 3.60. The lowest BCUT2D eigenvalue weighted by Gasteiger charge is -2.31. The van der Waals surface area contributed by atoms with Gasteiger partial charge in [0, 0.05) is 19.6 Å². The molecule has 1 atom stereocenters. The quantitative estimate of drug-likeness (QED) is 0.881. The Bertz CT molecular complexity index is 430. The summed E-state index contributed by atoms with van der Waals surface area (Å²) in [5.74, 6) is -0.201. The van der Waals surface area contributed by atoms with Crippen molar-refractivity contribution in [1.29, 1.82) is 0 Å². The topological polar surface area (TPSA) is 41.6 Å². The van der Waals surface area contributed by atoms with Gasteiger partial charge >= 0.3 is 0 Å². The fraction of sp³-hybridized carbons (Fsp3) is 0.533. The number of carbonyl (C=O) groups excluding carboxylic acids is 1. The highest BCUT2D eigenvalue weighted by Crippen LogP contribution is 2.05. The molecule has 1 N–H and O–H groups in total. The van der Waals surface area contributed by atoms with Crippen molar-refractivity contribution in [2.45, 2.75) is 19.4 Å². The molecule has 1 fully saturated rings. The van der Waals surface area contributed by atoms with Crippen LogP contribution in [0.15, 0.2) is 24.3 Å². The third kappa shape index (κ3) is 4.28. The highest BCUT2D eigenvalue weighted by atomic mass is 19.1. The van der Waals surface area contributed by atoms with Gasteiger partial charge in [0.2, 0.25) is 5.91 Å². The Morgan fingerprint density at radius 3 is 2.65 bits per heavy atom. The molecule has 110 valence electrons. The molecule has 1 aromatic carbocycles. The smallest absolute Gasteiger partial charge is 0.237 e. The summed E-state index contributed by atoms with van der Waals surface area (Å²) in [6.07, 6.45) is 0.710. The molecule has 0 spiro atoms. The number of halogens is 1.